The van der Waals surface area contributed by atoms with Gasteiger partial charge in [-0.15, -0.1) is 11.8 Å². The predicted octanol–water partition coefficient (Wildman–Crippen LogP) is 4.88. The molecule has 3 nitrogen and oxygen atoms in total. The molecule has 0 spiro atoms. The number of carbonyl (C=O) groups is 1. The average molecular weight is 375 g/mol. The summed E-state index contributed by atoms with van der Waals surface area (Å²) in [6, 6.07) is 19.1. The fourth-order valence-electron chi connectivity index (χ4n) is 3.51. The second-order valence-electron chi connectivity index (χ2n) is 6.86. The molecule has 0 unspecified atom stereocenters. The Hall–Kier alpha value is -2.59. The van der Waals surface area contributed by atoms with Gasteiger partial charge >= 0.3 is 0 Å². The van der Waals surface area contributed by atoms with Crippen molar-refractivity contribution >= 4 is 34.7 Å². The average Bonchev–Trinajstić information content (AvgIpc) is 3.10. The van der Waals surface area contributed by atoms with Crippen molar-refractivity contribution in [2.75, 3.05) is 5.75 Å². The normalized spacial score (nSPS) is 12.8. The van der Waals surface area contributed by atoms with E-state index in [2.05, 4.69) is 72.0 Å². The van der Waals surface area contributed by atoms with Crippen molar-refractivity contribution in [3.05, 3.63) is 76.9 Å². The van der Waals surface area contributed by atoms with Gasteiger partial charge in [-0.25, -0.2) is 5.43 Å². The highest BCUT2D eigenvalue weighted by Crippen LogP contribution is 2.32. The van der Waals surface area contributed by atoms with Gasteiger partial charge in [0.05, 0.1) is 6.21 Å². The number of aryl methyl sites for hydroxylation is 3. The fraction of sp³-hybridized carbons (Fsp3) is 0.217. The number of thioether (sulfide) groups is 1. The molecule has 4 rings (SSSR count). The molecule has 0 fully saturated rings. The van der Waals surface area contributed by atoms with Gasteiger partial charge in [0.15, 0.2) is 0 Å². The van der Waals surface area contributed by atoms with Gasteiger partial charge in [0.2, 0.25) is 5.91 Å². The summed E-state index contributed by atoms with van der Waals surface area (Å²) in [7, 11) is 0. The summed E-state index contributed by atoms with van der Waals surface area (Å²) in [5.41, 5.74) is 7.77. The standard InChI is InChI=1S/C23H22N2OS/c1-16-5-11-20(12-6-16)27-14-13-22(26)25-24-15-19-10-9-18-8-7-17-3-2-4-21(19)23(17)18/h2-6,9-12,15H,7-8,13-14H2,1H3,(H,25,26)/b24-15-. The Bertz CT molecular complexity index is 999. The molecule has 0 saturated carbocycles. The lowest BCUT2D eigenvalue weighted by Gasteiger charge is -2.05. The highest BCUT2D eigenvalue weighted by atomic mass is 32.2. The van der Waals surface area contributed by atoms with Gasteiger partial charge in [-0.3, -0.25) is 4.79 Å². The summed E-state index contributed by atoms with van der Waals surface area (Å²) in [6.45, 7) is 2.07. The third-order valence-electron chi connectivity index (χ3n) is 4.92. The van der Waals surface area contributed by atoms with Crippen molar-refractivity contribution in [3.63, 3.8) is 0 Å². The number of benzene rings is 3. The van der Waals surface area contributed by atoms with Crippen LogP contribution in [0.1, 0.15) is 28.7 Å². The lowest BCUT2D eigenvalue weighted by molar-refractivity contribution is -0.120. The minimum atomic E-state index is -0.0585. The number of amides is 1. The highest BCUT2D eigenvalue weighted by molar-refractivity contribution is 7.99. The van der Waals surface area contributed by atoms with Crippen molar-refractivity contribution in [1.29, 1.82) is 0 Å². The van der Waals surface area contributed by atoms with Gasteiger partial charge in [0.1, 0.15) is 0 Å². The summed E-state index contributed by atoms with van der Waals surface area (Å²) in [5.74, 6) is 0.683. The zero-order valence-corrected chi connectivity index (χ0v) is 16.2. The zero-order chi connectivity index (χ0) is 18.6. The van der Waals surface area contributed by atoms with E-state index in [1.54, 1.807) is 18.0 Å². The maximum absolute atomic E-state index is 12.0. The van der Waals surface area contributed by atoms with Gasteiger partial charge in [-0.1, -0.05) is 48.0 Å². The van der Waals surface area contributed by atoms with Crippen LogP contribution < -0.4 is 5.43 Å². The number of nitrogens with zero attached hydrogens (tertiary/aromatic N) is 1. The molecule has 1 amide bonds. The van der Waals surface area contributed by atoms with E-state index < -0.39 is 0 Å². The Kier molecular flexibility index (Phi) is 5.26. The molecule has 4 heteroatoms. The first-order valence-electron chi connectivity index (χ1n) is 9.25. The van der Waals surface area contributed by atoms with E-state index in [0.717, 1.165) is 24.2 Å². The molecule has 1 aliphatic carbocycles. The molecule has 27 heavy (non-hydrogen) atoms. The quantitative estimate of drug-likeness (QED) is 0.380. The molecular weight excluding hydrogens is 352 g/mol. The van der Waals surface area contributed by atoms with Crippen LogP contribution in [-0.2, 0) is 17.6 Å². The van der Waals surface area contributed by atoms with Crippen LogP contribution in [0.25, 0.3) is 10.8 Å². The van der Waals surface area contributed by atoms with Crippen LogP contribution in [0, 0.1) is 6.92 Å². The molecule has 0 heterocycles. The van der Waals surface area contributed by atoms with Gasteiger partial charge in [0.25, 0.3) is 0 Å². The molecule has 1 aliphatic rings. The number of rotatable bonds is 6. The van der Waals surface area contributed by atoms with Gasteiger partial charge in [0, 0.05) is 22.6 Å². The van der Waals surface area contributed by atoms with E-state index in [1.165, 1.54) is 32.4 Å². The van der Waals surface area contributed by atoms with Crippen LogP contribution in [0.4, 0.5) is 0 Å². The molecule has 1 N–H and O–H groups in total. The summed E-state index contributed by atoms with van der Waals surface area (Å²) in [4.78, 5) is 13.2. The number of hydrazone groups is 1. The Morgan fingerprint density at radius 2 is 1.85 bits per heavy atom. The van der Waals surface area contributed by atoms with Crippen molar-refractivity contribution < 1.29 is 4.79 Å². The lowest BCUT2D eigenvalue weighted by atomic mass is 10.0. The molecule has 0 radical (unpaired) electrons. The number of hydrogen-bond donors (Lipinski definition) is 1. The second-order valence-corrected chi connectivity index (χ2v) is 8.03. The first kappa shape index (κ1) is 17.8. The van der Waals surface area contributed by atoms with E-state index in [0.29, 0.717) is 6.42 Å². The number of hydrogen-bond acceptors (Lipinski definition) is 3. The molecule has 0 aliphatic heterocycles. The Balaban J connectivity index is 1.33. The Morgan fingerprint density at radius 3 is 2.67 bits per heavy atom. The Labute approximate surface area is 163 Å². The minimum Gasteiger partial charge on any atom is -0.273 e. The third-order valence-corrected chi connectivity index (χ3v) is 5.94. The molecule has 3 aromatic rings. The maximum Gasteiger partial charge on any atom is 0.240 e. The molecule has 0 saturated heterocycles. The van der Waals surface area contributed by atoms with Crippen molar-refractivity contribution in [2.45, 2.75) is 31.1 Å². The van der Waals surface area contributed by atoms with E-state index in [9.17, 15) is 4.79 Å². The van der Waals surface area contributed by atoms with Crippen LogP contribution in [0.2, 0.25) is 0 Å². The summed E-state index contributed by atoms with van der Waals surface area (Å²) in [6.07, 6.45) is 4.43. The molecule has 3 aromatic carbocycles. The van der Waals surface area contributed by atoms with Crippen molar-refractivity contribution in [1.82, 2.24) is 5.43 Å². The van der Waals surface area contributed by atoms with E-state index in [1.807, 2.05) is 0 Å². The van der Waals surface area contributed by atoms with E-state index in [4.69, 9.17) is 0 Å². The maximum atomic E-state index is 12.0. The van der Waals surface area contributed by atoms with Crippen LogP contribution in [0.3, 0.4) is 0 Å². The molecule has 0 bridgehead atoms. The Morgan fingerprint density at radius 1 is 1.07 bits per heavy atom. The first-order valence-corrected chi connectivity index (χ1v) is 10.2. The molecule has 136 valence electrons. The van der Waals surface area contributed by atoms with Gasteiger partial charge in [-0.05, 0) is 53.8 Å². The van der Waals surface area contributed by atoms with Crippen LogP contribution in [0.5, 0.6) is 0 Å². The summed E-state index contributed by atoms with van der Waals surface area (Å²) >= 11 is 1.69. The number of nitrogens with one attached hydrogen (secondary N) is 1. The van der Waals surface area contributed by atoms with E-state index >= 15 is 0 Å². The topological polar surface area (TPSA) is 41.5 Å². The third kappa shape index (κ3) is 4.06. The smallest absolute Gasteiger partial charge is 0.240 e. The number of carbonyl (C=O) groups excluding carboxylic acids is 1. The molecular formula is C23H22N2OS. The van der Waals surface area contributed by atoms with Gasteiger partial charge in [-0.2, -0.15) is 5.10 Å². The monoisotopic (exact) mass is 374 g/mol. The molecule has 0 atom stereocenters. The zero-order valence-electron chi connectivity index (χ0n) is 15.4. The second kappa shape index (κ2) is 7.97. The van der Waals surface area contributed by atoms with Crippen molar-refractivity contribution in [3.8, 4) is 0 Å². The summed E-state index contributed by atoms with van der Waals surface area (Å²) < 4.78 is 0. The molecule has 0 aromatic heterocycles. The predicted molar refractivity (Wildman–Crippen MR) is 114 cm³/mol. The van der Waals surface area contributed by atoms with Gasteiger partial charge < -0.3 is 0 Å². The van der Waals surface area contributed by atoms with Crippen molar-refractivity contribution in [2.24, 2.45) is 5.10 Å². The SMILES string of the molecule is Cc1ccc(SCCC(=O)N/N=C\c2ccc3c4c(cccc24)CC3)cc1. The van der Waals surface area contributed by atoms with Crippen LogP contribution >= 0.6 is 11.8 Å². The summed E-state index contributed by atoms with van der Waals surface area (Å²) in [5, 5.41) is 6.76. The highest BCUT2D eigenvalue weighted by Gasteiger charge is 2.14. The lowest BCUT2D eigenvalue weighted by Crippen LogP contribution is -2.17. The minimum absolute atomic E-state index is 0.0585. The first-order chi connectivity index (χ1) is 13.2. The van der Waals surface area contributed by atoms with E-state index in [-0.39, 0.29) is 5.91 Å². The largest absolute Gasteiger partial charge is 0.273 e. The fourth-order valence-corrected chi connectivity index (χ4v) is 4.36. The van der Waals surface area contributed by atoms with Crippen LogP contribution in [0.15, 0.2) is 64.6 Å². The van der Waals surface area contributed by atoms with Crippen LogP contribution in [-0.4, -0.2) is 17.9 Å².